The molecule has 1 rings (SSSR count). The van der Waals surface area contributed by atoms with Crippen molar-refractivity contribution in [2.24, 2.45) is 5.73 Å². The van der Waals surface area contributed by atoms with Crippen molar-refractivity contribution in [3.63, 3.8) is 0 Å². The minimum Gasteiger partial charge on any atom is -0.508 e. The van der Waals surface area contributed by atoms with Gasteiger partial charge in [0.25, 0.3) is 0 Å². The fourth-order valence-corrected chi connectivity index (χ4v) is 1.74. The van der Waals surface area contributed by atoms with Gasteiger partial charge in [-0.1, -0.05) is 12.1 Å². The molecule has 110 valence electrons. The molecule has 0 radical (unpaired) electrons. The third-order valence-electron chi connectivity index (χ3n) is 2.91. The highest BCUT2D eigenvalue weighted by atomic mass is 16.4. The molecule has 0 aliphatic carbocycles. The molecule has 0 spiro atoms. The first kappa shape index (κ1) is 16.0. The molecule has 6 nitrogen and oxygen atoms in total. The molecular formula is C14H20N2O4. The highest BCUT2D eigenvalue weighted by Crippen LogP contribution is 2.11. The van der Waals surface area contributed by atoms with E-state index in [0.29, 0.717) is 12.8 Å². The fraction of sp³-hybridized carbons (Fsp3) is 0.429. The number of phenols is 1. The summed E-state index contributed by atoms with van der Waals surface area (Å²) < 4.78 is 0. The highest BCUT2D eigenvalue weighted by Gasteiger charge is 2.16. The number of carboxylic acid groups (broad SMARTS) is 1. The third-order valence-corrected chi connectivity index (χ3v) is 2.91. The van der Waals surface area contributed by atoms with Crippen LogP contribution < -0.4 is 11.1 Å². The molecule has 0 aliphatic heterocycles. The molecule has 0 saturated heterocycles. The molecular weight excluding hydrogens is 260 g/mol. The smallest absolute Gasteiger partial charge is 0.303 e. The van der Waals surface area contributed by atoms with E-state index in [-0.39, 0.29) is 24.1 Å². The summed E-state index contributed by atoms with van der Waals surface area (Å²) in [6.07, 6.45) is 0.736. The molecule has 0 aliphatic rings. The van der Waals surface area contributed by atoms with Crippen molar-refractivity contribution >= 4 is 11.9 Å². The van der Waals surface area contributed by atoms with E-state index < -0.39 is 12.0 Å². The molecule has 0 fully saturated rings. The Kier molecular flexibility index (Phi) is 5.99. The first-order valence-corrected chi connectivity index (χ1v) is 6.44. The lowest BCUT2D eigenvalue weighted by Gasteiger charge is -2.17. The monoisotopic (exact) mass is 280 g/mol. The summed E-state index contributed by atoms with van der Waals surface area (Å²) >= 11 is 0. The van der Waals surface area contributed by atoms with E-state index in [9.17, 15) is 9.59 Å². The zero-order valence-corrected chi connectivity index (χ0v) is 11.4. The summed E-state index contributed by atoms with van der Waals surface area (Å²) in [6, 6.07) is 5.55. The van der Waals surface area contributed by atoms with Gasteiger partial charge in [-0.3, -0.25) is 9.59 Å². The summed E-state index contributed by atoms with van der Waals surface area (Å²) in [5.41, 5.74) is 6.65. The van der Waals surface area contributed by atoms with Crippen molar-refractivity contribution in [3.05, 3.63) is 29.8 Å². The Morgan fingerprint density at radius 3 is 2.45 bits per heavy atom. The lowest BCUT2D eigenvalue weighted by molar-refractivity contribution is -0.137. The number of amides is 1. The van der Waals surface area contributed by atoms with E-state index in [0.717, 1.165) is 5.56 Å². The molecule has 0 aromatic heterocycles. The van der Waals surface area contributed by atoms with E-state index in [1.165, 1.54) is 12.1 Å². The van der Waals surface area contributed by atoms with Gasteiger partial charge < -0.3 is 21.3 Å². The van der Waals surface area contributed by atoms with Gasteiger partial charge in [0.15, 0.2) is 0 Å². The van der Waals surface area contributed by atoms with Crippen LogP contribution in [0.15, 0.2) is 24.3 Å². The minimum atomic E-state index is -0.889. The molecule has 1 amide bonds. The largest absolute Gasteiger partial charge is 0.508 e. The van der Waals surface area contributed by atoms with Gasteiger partial charge in [-0.25, -0.2) is 0 Å². The number of aromatic hydroxyl groups is 1. The van der Waals surface area contributed by atoms with Crippen LogP contribution in [0.25, 0.3) is 0 Å². The normalized spacial score (nSPS) is 13.5. The molecule has 2 unspecified atom stereocenters. The Balaban J connectivity index is 2.42. The van der Waals surface area contributed by atoms with Gasteiger partial charge in [0.1, 0.15) is 5.75 Å². The molecule has 0 saturated carbocycles. The predicted molar refractivity (Wildman–Crippen MR) is 74.3 cm³/mol. The number of phenolic OH excluding ortho intramolecular Hbond substituents is 1. The Hall–Kier alpha value is -2.08. The number of rotatable bonds is 7. The zero-order valence-electron chi connectivity index (χ0n) is 11.4. The average molecular weight is 280 g/mol. The molecule has 1 aromatic carbocycles. The van der Waals surface area contributed by atoms with Crippen LogP contribution in [0.3, 0.4) is 0 Å². The van der Waals surface area contributed by atoms with E-state index in [4.69, 9.17) is 15.9 Å². The second-order valence-electron chi connectivity index (χ2n) is 4.82. The lowest BCUT2D eigenvalue weighted by Crippen LogP contribution is -2.45. The summed E-state index contributed by atoms with van der Waals surface area (Å²) in [7, 11) is 0. The number of benzene rings is 1. The van der Waals surface area contributed by atoms with Crippen molar-refractivity contribution in [2.45, 2.75) is 38.3 Å². The first-order chi connectivity index (χ1) is 9.38. The molecule has 1 aromatic rings. The molecule has 0 bridgehead atoms. The van der Waals surface area contributed by atoms with Crippen molar-refractivity contribution in [2.75, 3.05) is 0 Å². The van der Waals surface area contributed by atoms with E-state index in [2.05, 4.69) is 5.32 Å². The summed E-state index contributed by atoms with van der Waals surface area (Å²) in [6.45, 7) is 1.74. The second-order valence-corrected chi connectivity index (χ2v) is 4.82. The number of hydrogen-bond donors (Lipinski definition) is 4. The van der Waals surface area contributed by atoms with E-state index in [1.807, 2.05) is 0 Å². The van der Waals surface area contributed by atoms with Crippen LogP contribution in [0.4, 0.5) is 0 Å². The van der Waals surface area contributed by atoms with Gasteiger partial charge in [-0.15, -0.1) is 0 Å². The summed E-state index contributed by atoms with van der Waals surface area (Å²) in [5.74, 6) is -1.04. The number of hydrogen-bond acceptors (Lipinski definition) is 4. The number of carbonyl (C=O) groups is 2. The number of aliphatic carboxylic acids is 1. The lowest BCUT2D eigenvalue weighted by atomic mass is 10.1. The third kappa shape index (κ3) is 5.71. The van der Waals surface area contributed by atoms with Gasteiger partial charge >= 0.3 is 5.97 Å². The Labute approximate surface area is 117 Å². The molecule has 5 N–H and O–H groups in total. The topological polar surface area (TPSA) is 113 Å². The fourth-order valence-electron chi connectivity index (χ4n) is 1.74. The van der Waals surface area contributed by atoms with Crippen LogP contribution in [0.1, 0.15) is 25.3 Å². The van der Waals surface area contributed by atoms with E-state index in [1.54, 1.807) is 19.1 Å². The Morgan fingerprint density at radius 2 is 1.90 bits per heavy atom. The second kappa shape index (κ2) is 7.49. The van der Waals surface area contributed by atoms with Crippen molar-refractivity contribution in [1.29, 1.82) is 0 Å². The number of nitrogens with two attached hydrogens (primary N) is 1. The quantitative estimate of drug-likeness (QED) is 0.585. The molecule has 6 heteroatoms. The molecule has 2 atom stereocenters. The number of carbonyl (C=O) groups excluding carboxylic acids is 1. The van der Waals surface area contributed by atoms with Crippen molar-refractivity contribution in [1.82, 2.24) is 5.32 Å². The van der Waals surface area contributed by atoms with Crippen LogP contribution in [0.2, 0.25) is 0 Å². The van der Waals surface area contributed by atoms with Crippen molar-refractivity contribution < 1.29 is 19.8 Å². The minimum absolute atomic E-state index is 0.00858. The number of carboxylic acids is 1. The Morgan fingerprint density at radius 1 is 1.30 bits per heavy atom. The molecule has 20 heavy (non-hydrogen) atoms. The Bertz CT molecular complexity index is 459. The summed E-state index contributed by atoms with van der Waals surface area (Å²) in [5, 5.41) is 20.4. The zero-order chi connectivity index (χ0) is 15.1. The number of nitrogens with one attached hydrogen (secondary N) is 1. The first-order valence-electron chi connectivity index (χ1n) is 6.44. The van der Waals surface area contributed by atoms with Crippen LogP contribution in [-0.4, -0.2) is 34.2 Å². The van der Waals surface area contributed by atoms with Gasteiger partial charge in [0, 0.05) is 12.5 Å². The maximum atomic E-state index is 11.8. The van der Waals surface area contributed by atoms with Gasteiger partial charge in [-0.2, -0.15) is 0 Å². The predicted octanol–water partition coefficient (Wildman–Crippen LogP) is 0.632. The van der Waals surface area contributed by atoms with Gasteiger partial charge in [-0.05, 0) is 37.5 Å². The standard InChI is InChI=1S/C14H20N2O4/c1-9(2-7-13(18)19)16-14(20)12(15)8-10-3-5-11(17)6-4-10/h3-6,9,12,17H,2,7-8,15H2,1H3,(H,16,20)(H,18,19). The van der Waals surface area contributed by atoms with Gasteiger partial charge in [0.05, 0.1) is 6.04 Å². The van der Waals surface area contributed by atoms with Crippen LogP contribution in [0.5, 0.6) is 5.75 Å². The highest BCUT2D eigenvalue weighted by molar-refractivity contribution is 5.82. The average Bonchev–Trinajstić information content (AvgIpc) is 2.39. The van der Waals surface area contributed by atoms with Gasteiger partial charge in [0.2, 0.25) is 5.91 Å². The SMILES string of the molecule is CC(CCC(=O)O)NC(=O)C(N)Cc1ccc(O)cc1. The maximum absolute atomic E-state index is 11.8. The van der Waals surface area contributed by atoms with Crippen molar-refractivity contribution in [3.8, 4) is 5.75 Å². The van der Waals surface area contributed by atoms with Crippen LogP contribution in [-0.2, 0) is 16.0 Å². The maximum Gasteiger partial charge on any atom is 0.303 e. The molecule has 0 heterocycles. The van der Waals surface area contributed by atoms with Crippen LogP contribution in [0, 0.1) is 0 Å². The van der Waals surface area contributed by atoms with Crippen LogP contribution >= 0.6 is 0 Å². The summed E-state index contributed by atoms with van der Waals surface area (Å²) in [4.78, 5) is 22.3. The van der Waals surface area contributed by atoms with E-state index >= 15 is 0 Å².